The van der Waals surface area contributed by atoms with Crippen molar-refractivity contribution >= 4 is 16.8 Å². The number of fused-ring (bicyclic) bond motifs is 2. The van der Waals surface area contributed by atoms with E-state index in [4.69, 9.17) is 4.74 Å². The Morgan fingerprint density at radius 3 is 2.93 bits per heavy atom. The molecule has 1 amide bonds. The fraction of sp³-hybridized carbons (Fsp3) is 0.421. The van der Waals surface area contributed by atoms with Gasteiger partial charge in [-0.2, -0.15) is 0 Å². The lowest BCUT2D eigenvalue weighted by Crippen LogP contribution is -2.41. The highest BCUT2D eigenvalue weighted by Crippen LogP contribution is 2.22. The highest BCUT2D eigenvalue weighted by atomic mass is 16.5. The van der Waals surface area contributed by atoms with Crippen LogP contribution in [0.2, 0.25) is 0 Å². The predicted molar refractivity (Wildman–Crippen MR) is 101 cm³/mol. The fourth-order valence-electron chi connectivity index (χ4n) is 3.67. The van der Waals surface area contributed by atoms with Gasteiger partial charge < -0.3 is 14.2 Å². The van der Waals surface area contributed by atoms with Crippen LogP contribution in [0, 0.1) is 0 Å². The molecule has 0 unspecified atom stereocenters. The molecule has 0 radical (unpaired) electrons. The number of hydrogen-bond acceptors (Lipinski definition) is 6. The van der Waals surface area contributed by atoms with Crippen LogP contribution in [0.5, 0.6) is 0 Å². The summed E-state index contributed by atoms with van der Waals surface area (Å²) in [6.07, 6.45) is 1.73. The number of ether oxygens (including phenoxy) is 1. The smallest absolute Gasteiger partial charge is 0.261 e. The third kappa shape index (κ3) is 3.29. The largest absolute Gasteiger partial charge is 0.377 e. The van der Waals surface area contributed by atoms with E-state index < -0.39 is 0 Å². The number of carbonyl (C=O) groups excluding carboxylic acids is 1. The Morgan fingerprint density at radius 2 is 2.11 bits per heavy atom. The number of nitrogens with zero attached hydrogens (tertiary/aromatic N) is 6. The summed E-state index contributed by atoms with van der Waals surface area (Å²) in [5.74, 6) is 1.50. The Kier molecular flexibility index (Phi) is 4.91. The lowest BCUT2D eigenvalue weighted by molar-refractivity contribution is -0.133. The van der Waals surface area contributed by atoms with Gasteiger partial charge in [-0.25, -0.2) is 4.98 Å². The summed E-state index contributed by atoms with van der Waals surface area (Å²) in [7, 11) is 1.62. The van der Waals surface area contributed by atoms with E-state index in [2.05, 4.69) is 15.2 Å². The first-order chi connectivity index (χ1) is 13.6. The lowest BCUT2D eigenvalue weighted by Gasteiger charge is -2.32. The standard InChI is InChI=1S/C19H22N6O3/c1-13-9-24(10-16-21-22-17(11-28-2)25(13)16)18(26)7-8-23-12-20-15-6-4-3-5-14(15)19(23)27/h3-6,12-13H,7-11H2,1-2H3/t13-/m0/s1. The number of amides is 1. The molecule has 1 aromatic carbocycles. The van der Waals surface area contributed by atoms with Gasteiger partial charge in [-0.1, -0.05) is 12.1 Å². The lowest BCUT2D eigenvalue weighted by atomic mass is 10.2. The number of hydrogen-bond donors (Lipinski definition) is 0. The van der Waals surface area contributed by atoms with Gasteiger partial charge in [-0.15, -0.1) is 10.2 Å². The molecule has 0 fully saturated rings. The highest BCUT2D eigenvalue weighted by Gasteiger charge is 2.28. The van der Waals surface area contributed by atoms with Gasteiger partial charge in [-0.05, 0) is 19.1 Å². The molecule has 0 saturated carbocycles. The molecule has 3 heterocycles. The molecule has 9 heteroatoms. The Bertz CT molecular complexity index is 1070. The van der Waals surface area contributed by atoms with Crippen molar-refractivity contribution in [1.82, 2.24) is 29.2 Å². The molecule has 1 atom stereocenters. The van der Waals surface area contributed by atoms with E-state index in [9.17, 15) is 9.59 Å². The first-order valence-corrected chi connectivity index (χ1v) is 9.22. The topological polar surface area (TPSA) is 95.1 Å². The number of carbonyl (C=O) groups is 1. The average molecular weight is 382 g/mol. The van der Waals surface area contributed by atoms with E-state index in [-0.39, 0.29) is 23.9 Å². The minimum atomic E-state index is -0.130. The van der Waals surface area contributed by atoms with Crippen LogP contribution in [0.1, 0.15) is 31.0 Å². The van der Waals surface area contributed by atoms with Gasteiger partial charge in [0.05, 0.1) is 29.8 Å². The molecule has 0 spiro atoms. The second kappa shape index (κ2) is 7.51. The van der Waals surface area contributed by atoms with Crippen molar-refractivity contribution in [2.75, 3.05) is 13.7 Å². The minimum absolute atomic E-state index is 0.0190. The summed E-state index contributed by atoms with van der Waals surface area (Å²) in [6.45, 7) is 3.70. The Balaban J connectivity index is 1.46. The number of aryl methyl sites for hydroxylation is 1. The summed E-state index contributed by atoms with van der Waals surface area (Å²) in [6, 6.07) is 7.27. The molecule has 3 aromatic rings. The van der Waals surface area contributed by atoms with Gasteiger partial charge in [0.15, 0.2) is 11.6 Å². The molecule has 2 aromatic heterocycles. The van der Waals surface area contributed by atoms with Gasteiger partial charge in [0, 0.05) is 26.6 Å². The zero-order valence-electron chi connectivity index (χ0n) is 15.9. The molecular formula is C19H22N6O3. The number of benzene rings is 1. The SMILES string of the molecule is COCc1nnc2n1[C@@H](C)CN(C(=O)CCn1cnc3ccccc3c1=O)C2. The van der Waals surface area contributed by atoms with E-state index >= 15 is 0 Å². The molecule has 1 aliphatic rings. The summed E-state index contributed by atoms with van der Waals surface area (Å²) < 4.78 is 8.69. The first-order valence-electron chi connectivity index (χ1n) is 9.22. The van der Waals surface area contributed by atoms with E-state index in [0.29, 0.717) is 37.1 Å². The maximum Gasteiger partial charge on any atom is 0.261 e. The second-order valence-electron chi connectivity index (χ2n) is 6.97. The Hall–Kier alpha value is -3.07. The monoisotopic (exact) mass is 382 g/mol. The number of para-hydroxylation sites is 1. The normalized spacial score (nSPS) is 16.4. The van der Waals surface area contributed by atoms with Gasteiger partial charge in [0.25, 0.3) is 5.56 Å². The van der Waals surface area contributed by atoms with Crippen LogP contribution in [0.4, 0.5) is 0 Å². The summed E-state index contributed by atoms with van der Waals surface area (Å²) in [5.41, 5.74) is 0.528. The zero-order chi connectivity index (χ0) is 19.7. The van der Waals surface area contributed by atoms with Crippen LogP contribution >= 0.6 is 0 Å². The maximum atomic E-state index is 12.7. The van der Waals surface area contributed by atoms with Gasteiger partial charge in [-0.3, -0.25) is 14.2 Å². The minimum Gasteiger partial charge on any atom is -0.377 e. The van der Waals surface area contributed by atoms with Crippen LogP contribution in [0.25, 0.3) is 10.9 Å². The fourth-order valence-corrected chi connectivity index (χ4v) is 3.67. The van der Waals surface area contributed by atoms with E-state index in [1.165, 1.54) is 10.9 Å². The molecule has 0 aliphatic carbocycles. The quantitative estimate of drug-likeness (QED) is 0.656. The Labute approximate surface area is 161 Å². The maximum absolute atomic E-state index is 12.7. The molecule has 0 bridgehead atoms. The predicted octanol–water partition coefficient (Wildman–Crippen LogP) is 1.13. The van der Waals surface area contributed by atoms with Crippen LogP contribution in [0.3, 0.4) is 0 Å². The van der Waals surface area contributed by atoms with Crippen molar-refractivity contribution in [3.8, 4) is 0 Å². The van der Waals surface area contributed by atoms with Crippen molar-refractivity contribution in [2.45, 2.75) is 39.1 Å². The Morgan fingerprint density at radius 1 is 1.29 bits per heavy atom. The molecule has 9 nitrogen and oxygen atoms in total. The van der Waals surface area contributed by atoms with Gasteiger partial charge >= 0.3 is 0 Å². The second-order valence-corrected chi connectivity index (χ2v) is 6.97. The van der Waals surface area contributed by atoms with Crippen molar-refractivity contribution in [1.29, 1.82) is 0 Å². The van der Waals surface area contributed by atoms with Crippen LogP contribution in [-0.4, -0.2) is 48.8 Å². The molecular weight excluding hydrogens is 360 g/mol. The third-order valence-corrected chi connectivity index (χ3v) is 5.02. The molecule has 28 heavy (non-hydrogen) atoms. The zero-order valence-corrected chi connectivity index (χ0v) is 15.9. The first kappa shape index (κ1) is 18.3. The molecule has 1 aliphatic heterocycles. The van der Waals surface area contributed by atoms with Crippen LogP contribution in [-0.2, 0) is 29.2 Å². The number of aromatic nitrogens is 5. The molecule has 0 saturated heterocycles. The van der Waals surface area contributed by atoms with Gasteiger partial charge in [0.2, 0.25) is 5.91 Å². The number of methoxy groups -OCH3 is 1. The van der Waals surface area contributed by atoms with Crippen molar-refractivity contribution in [3.05, 3.63) is 52.6 Å². The van der Waals surface area contributed by atoms with Crippen LogP contribution < -0.4 is 5.56 Å². The molecule has 146 valence electrons. The van der Waals surface area contributed by atoms with Crippen molar-refractivity contribution < 1.29 is 9.53 Å². The van der Waals surface area contributed by atoms with Crippen LogP contribution in [0.15, 0.2) is 35.4 Å². The van der Waals surface area contributed by atoms with Crippen molar-refractivity contribution in [2.24, 2.45) is 0 Å². The van der Waals surface area contributed by atoms with E-state index in [1.807, 2.05) is 23.6 Å². The van der Waals surface area contributed by atoms with Gasteiger partial charge in [0.1, 0.15) is 6.61 Å². The average Bonchev–Trinajstić information content (AvgIpc) is 3.11. The molecule has 0 N–H and O–H groups in total. The summed E-state index contributed by atoms with van der Waals surface area (Å²) in [5, 5.41) is 8.92. The number of rotatable bonds is 5. The van der Waals surface area contributed by atoms with E-state index in [1.54, 1.807) is 24.1 Å². The van der Waals surface area contributed by atoms with Crippen molar-refractivity contribution in [3.63, 3.8) is 0 Å². The highest BCUT2D eigenvalue weighted by molar-refractivity contribution is 5.77. The summed E-state index contributed by atoms with van der Waals surface area (Å²) >= 11 is 0. The third-order valence-electron chi connectivity index (χ3n) is 5.02. The van der Waals surface area contributed by atoms with E-state index in [0.717, 1.165) is 11.6 Å². The molecule has 4 rings (SSSR count). The summed E-state index contributed by atoms with van der Waals surface area (Å²) in [4.78, 5) is 31.4.